The van der Waals surface area contributed by atoms with Crippen molar-refractivity contribution in [3.05, 3.63) is 52.6 Å². The van der Waals surface area contributed by atoms with E-state index in [1.165, 1.54) is 24.3 Å². The minimum Gasteiger partial charge on any atom is -0.383 e. The van der Waals surface area contributed by atoms with Crippen LogP contribution in [-0.4, -0.2) is 50.7 Å². The fourth-order valence-corrected chi connectivity index (χ4v) is 3.67. The number of nitrogens with two attached hydrogens (primary N) is 1. The molecule has 0 unspecified atom stereocenters. The molecule has 1 aliphatic rings. The number of hydrogen-bond acceptors (Lipinski definition) is 8. The predicted octanol–water partition coefficient (Wildman–Crippen LogP) is 2.73. The van der Waals surface area contributed by atoms with Gasteiger partial charge in [-0.15, -0.1) is 5.10 Å². The summed E-state index contributed by atoms with van der Waals surface area (Å²) in [6.45, 7) is 2.58. The van der Waals surface area contributed by atoms with Gasteiger partial charge in [0.1, 0.15) is 11.5 Å². The molecule has 3 aromatic heterocycles. The standard InChI is InChI=1S/C21H21F3N6O3/c1-11(8-32-2)30(7-12-3-4-18(29-28-12)21(22,23)24)20(31)16-5-13-14-9-33-10-15(14)19(25)27-17(13)6-26-16/h3-6,11H,7-10H2,1-2H3,(H2,25,27)/t11-/m1/s1. The van der Waals surface area contributed by atoms with Gasteiger partial charge >= 0.3 is 6.18 Å². The van der Waals surface area contributed by atoms with Crippen molar-refractivity contribution in [2.45, 2.75) is 38.9 Å². The van der Waals surface area contributed by atoms with Gasteiger partial charge in [0.15, 0.2) is 5.69 Å². The molecule has 1 atom stereocenters. The first kappa shape index (κ1) is 22.8. The van der Waals surface area contributed by atoms with Gasteiger partial charge in [-0.05, 0) is 30.7 Å². The van der Waals surface area contributed by atoms with Crippen molar-refractivity contribution in [3.8, 4) is 0 Å². The fourth-order valence-electron chi connectivity index (χ4n) is 3.67. The highest BCUT2D eigenvalue weighted by atomic mass is 19.4. The van der Waals surface area contributed by atoms with Crippen LogP contribution in [0.2, 0.25) is 0 Å². The van der Waals surface area contributed by atoms with E-state index in [0.29, 0.717) is 29.9 Å². The minimum atomic E-state index is -4.60. The number of hydrogen-bond donors (Lipinski definition) is 1. The van der Waals surface area contributed by atoms with E-state index in [1.54, 1.807) is 13.0 Å². The maximum atomic E-state index is 13.4. The Morgan fingerprint density at radius 2 is 2.03 bits per heavy atom. The molecular formula is C21H21F3N6O3. The van der Waals surface area contributed by atoms with Crippen LogP contribution in [-0.2, 0) is 35.4 Å². The third kappa shape index (κ3) is 4.57. The first-order valence-electron chi connectivity index (χ1n) is 10.0. The van der Waals surface area contributed by atoms with Gasteiger partial charge in [0.2, 0.25) is 0 Å². The zero-order valence-corrected chi connectivity index (χ0v) is 17.9. The number of nitrogens with zero attached hydrogens (tertiary/aromatic N) is 5. The molecule has 0 fully saturated rings. The van der Waals surface area contributed by atoms with Crippen LogP contribution in [0.5, 0.6) is 0 Å². The molecule has 9 nitrogen and oxygen atoms in total. The van der Waals surface area contributed by atoms with Crippen molar-refractivity contribution in [2.75, 3.05) is 19.5 Å². The third-order valence-corrected chi connectivity index (χ3v) is 5.38. The van der Waals surface area contributed by atoms with E-state index in [2.05, 4.69) is 20.2 Å². The maximum Gasteiger partial charge on any atom is 0.435 e. The van der Waals surface area contributed by atoms with Gasteiger partial charge < -0.3 is 20.1 Å². The van der Waals surface area contributed by atoms with Crippen LogP contribution in [0.3, 0.4) is 0 Å². The average Bonchev–Trinajstić information content (AvgIpc) is 3.28. The van der Waals surface area contributed by atoms with Crippen LogP contribution in [0.1, 0.15) is 39.9 Å². The zero-order valence-electron chi connectivity index (χ0n) is 17.9. The molecule has 0 aromatic carbocycles. The summed E-state index contributed by atoms with van der Waals surface area (Å²) in [5.74, 6) is -0.0697. The molecule has 12 heteroatoms. The average molecular weight is 462 g/mol. The second-order valence-electron chi connectivity index (χ2n) is 7.68. The molecule has 0 radical (unpaired) electrons. The van der Waals surface area contributed by atoms with Gasteiger partial charge in [-0.1, -0.05) is 0 Å². The number of nitrogen functional groups attached to an aromatic ring is 1. The molecule has 174 valence electrons. The van der Waals surface area contributed by atoms with Crippen LogP contribution in [0.15, 0.2) is 24.4 Å². The Balaban J connectivity index is 1.67. The Morgan fingerprint density at radius 3 is 2.70 bits per heavy atom. The van der Waals surface area contributed by atoms with Crippen molar-refractivity contribution in [2.24, 2.45) is 0 Å². The molecule has 0 aliphatic carbocycles. The molecule has 0 bridgehead atoms. The first-order valence-corrected chi connectivity index (χ1v) is 10.0. The quantitative estimate of drug-likeness (QED) is 0.595. The van der Waals surface area contributed by atoms with Crippen molar-refractivity contribution < 1.29 is 27.4 Å². The SMILES string of the molecule is COC[C@@H](C)N(Cc1ccc(C(F)(F)F)nn1)C(=O)c1cc2c3c(c(N)nc2cn1)COC3. The highest BCUT2D eigenvalue weighted by Gasteiger charge is 2.33. The normalized spacial score (nSPS) is 14.3. The van der Waals surface area contributed by atoms with Crippen LogP contribution >= 0.6 is 0 Å². The molecule has 2 N–H and O–H groups in total. The van der Waals surface area contributed by atoms with E-state index in [1.807, 2.05) is 0 Å². The fraction of sp³-hybridized carbons (Fsp3) is 0.381. The number of alkyl halides is 3. The summed E-state index contributed by atoms with van der Waals surface area (Å²) >= 11 is 0. The van der Waals surface area contributed by atoms with E-state index >= 15 is 0 Å². The van der Waals surface area contributed by atoms with Gasteiger partial charge in [0, 0.05) is 18.1 Å². The van der Waals surface area contributed by atoms with Crippen molar-refractivity contribution >= 4 is 22.6 Å². The molecule has 4 rings (SSSR count). The highest BCUT2D eigenvalue weighted by molar-refractivity contribution is 5.97. The van der Waals surface area contributed by atoms with E-state index in [9.17, 15) is 18.0 Å². The number of methoxy groups -OCH3 is 1. The molecule has 3 aromatic rings. The highest BCUT2D eigenvalue weighted by Crippen LogP contribution is 2.31. The second kappa shape index (κ2) is 8.87. The zero-order chi connectivity index (χ0) is 23.8. The molecule has 1 amide bonds. The number of aromatic nitrogens is 4. The van der Waals surface area contributed by atoms with Crippen LogP contribution in [0.4, 0.5) is 19.0 Å². The maximum absolute atomic E-state index is 13.4. The topological polar surface area (TPSA) is 116 Å². The van der Waals surface area contributed by atoms with Gasteiger partial charge in [0.25, 0.3) is 5.91 Å². The van der Waals surface area contributed by atoms with Crippen LogP contribution in [0.25, 0.3) is 10.9 Å². The number of ether oxygens (including phenoxy) is 2. The Bertz CT molecular complexity index is 1190. The molecule has 1 aliphatic heterocycles. The summed E-state index contributed by atoms with van der Waals surface area (Å²) in [5, 5.41) is 7.59. The van der Waals surface area contributed by atoms with Gasteiger partial charge in [-0.3, -0.25) is 4.79 Å². The number of carbonyl (C=O) groups excluding carboxylic acids is 1. The number of pyridine rings is 2. The van der Waals surface area contributed by atoms with Crippen LogP contribution < -0.4 is 5.73 Å². The molecule has 0 spiro atoms. The second-order valence-corrected chi connectivity index (χ2v) is 7.68. The molecule has 0 saturated carbocycles. The van der Waals surface area contributed by atoms with E-state index in [4.69, 9.17) is 15.2 Å². The lowest BCUT2D eigenvalue weighted by atomic mass is 10.1. The van der Waals surface area contributed by atoms with Crippen molar-refractivity contribution in [1.29, 1.82) is 0 Å². The van der Waals surface area contributed by atoms with E-state index in [0.717, 1.165) is 17.2 Å². The predicted molar refractivity (Wildman–Crippen MR) is 111 cm³/mol. The molecule has 33 heavy (non-hydrogen) atoms. The molecular weight excluding hydrogens is 441 g/mol. The van der Waals surface area contributed by atoms with Crippen molar-refractivity contribution in [1.82, 2.24) is 25.1 Å². The molecule has 4 heterocycles. The van der Waals surface area contributed by atoms with E-state index < -0.39 is 23.8 Å². The first-order chi connectivity index (χ1) is 15.7. The van der Waals surface area contributed by atoms with Gasteiger partial charge in [-0.25, -0.2) is 9.97 Å². The van der Waals surface area contributed by atoms with E-state index in [-0.39, 0.29) is 24.5 Å². The lowest BCUT2D eigenvalue weighted by Gasteiger charge is -2.28. The smallest absolute Gasteiger partial charge is 0.383 e. The summed E-state index contributed by atoms with van der Waals surface area (Å²) in [5.41, 5.74) is 7.42. The summed E-state index contributed by atoms with van der Waals surface area (Å²) in [6, 6.07) is 3.24. The Hall–Kier alpha value is -3.38. The van der Waals surface area contributed by atoms with Crippen LogP contribution in [0, 0.1) is 0 Å². The van der Waals surface area contributed by atoms with Gasteiger partial charge in [-0.2, -0.15) is 18.3 Å². The summed E-state index contributed by atoms with van der Waals surface area (Å²) < 4.78 is 49.0. The Morgan fingerprint density at radius 1 is 1.27 bits per heavy atom. The monoisotopic (exact) mass is 462 g/mol. The molecule has 0 saturated heterocycles. The van der Waals surface area contributed by atoms with Gasteiger partial charge in [0.05, 0.1) is 49.8 Å². The Kier molecular flexibility index (Phi) is 6.13. The summed E-state index contributed by atoms with van der Waals surface area (Å²) in [6.07, 6.45) is -3.13. The number of halogens is 3. The lowest BCUT2D eigenvalue weighted by Crippen LogP contribution is -2.41. The summed E-state index contributed by atoms with van der Waals surface area (Å²) in [7, 11) is 1.49. The minimum absolute atomic E-state index is 0.0740. The lowest BCUT2D eigenvalue weighted by molar-refractivity contribution is -0.141. The summed E-state index contributed by atoms with van der Waals surface area (Å²) in [4.78, 5) is 23.4. The number of fused-ring (bicyclic) bond motifs is 3. The number of rotatable bonds is 6. The Labute approximate surface area is 186 Å². The largest absolute Gasteiger partial charge is 0.435 e. The van der Waals surface area contributed by atoms with Crippen molar-refractivity contribution in [3.63, 3.8) is 0 Å². The number of carbonyl (C=O) groups is 1. The number of anilines is 1. The number of amides is 1. The third-order valence-electron chi connectivity index (χ3n) is 5.38.